The van der Waals surface area contributed by atoms with E-state index in [0.717, 1.165) is 16.7 Å². The molecule has 0 saturated carbocycles. The Morgan fingerprint density at radius 2 is 1.62 bits per heavy atom. The van der Waals surface area contributed by atoms with Crippen LogP contribution >= 0.6 is 0 Å². The Labute approximate surface area is 145 Å². The van der Waals surface area contributed by atoms with E-state index in [2.05, 4.69) is 87.4 Å². The van der Waals surface area contributed by atoms with Gasteiger partial charge in [-0.15, -0.1) is 0 Å². The van der Waals surface area contributed by atoms with Crippen molar-refractivity contribution in [3.05, 3.63) is 60.8 Å². The molecule has 0 bridgehead atoms. The summed E-state index contributed by atoms with van der Waals surface area (Å²) in [5.74, 6) is 0.923. The third kappa shape index (κ3) is 3.22. The van der Waals surface area contributed by atoms with E-state index in [1.54, 1.807) is 0 Å². The Morgan fingerprint density at radius 1 is 0.917 bits per heavy atom. The van der Waals surface area contributed by atoms with Gasteiger partial charge in [0.25, 0.3) is 0 Å². The van der Waals surface area contributed by atoms with Gasteiger partial charge in [-0.1, -0.05) is 51.1 Å². The zero-order chi connectivity index (χ0) is 17.4. The molecule has 0 amide bonds. The van der Waals surface area contributed by atoms with E-state index in [1.165, 1.54) is 11.1 Å². The van der Waals surface area contributed by atoms with Crippen molar-refractivity contribution >= 4 is 19.2 Å². The van der Waals surface area contributed by atoms with Crippen LogP contribution in [-0.4, -0.2) is 13.3 Å². The van der Waals surface area contributed by atoms with Crippen molar-refractivity contribution in [3.8, 4) is 16.9 Å². The number of hydrogen-bond donors (Lipinski definition) is 0. The third-order valence-corrected chi connectivity index (χ3v) is 9.34. The van der Waals surface area contributed by atoms with Crippen molar-refractivity contribution in [2.24, 2.45) is 0 Å². The lowest BCUT2D eigenvalue weighted by Crippen LogP contribution is -2.43. The summed E-state index contributed by atoms with van der Waals surface area (Å²) < 4.78 is 6.42. The summed E-state index contributed by atoms with van der Waals surface area (Å²) in [6, 6.07) is 18.8. The molecule has 0 spiro atoms. The van der Waals surface area contributed by atoms with Crippen LogP contribution in [-0.2, 0) is 0 Å². The highest BCUT2D eigenvalue weighted by Gasteiger charge is 2.38. The second-order valence-corrected chi connectivity index (χ2v) is 12.5. The topological polar surface area (TPSA) is 22.1 Å². The van der Waals surface area contributed by atoms with Crippen molar-refractivity contribution in [2.75, 3.05) is 0 Å². The number of hydrogen-bond acceptors (Lipinski definition) is 2. The highest BCUT2D eigenvalue weighted by Crippen LogP contribution is 2.38. The molecule has 0 unspecified atom stereocenters. The molecule has 0 fully saturated rings. The van der Waals surface area contributed by atoms with Gasteiger partial charge < -0.3 is 4.43 Å². The minimum Gasteiger partial charge on any atom is -0.543 e. The number of benzene rings is 2. The van der Waals surface area contributed by atoms with Crippen LogP contribution in [0, 0.1) is 0 Å². The summed E-state index contributed by atoms with van der Waals surface area (Å²) in [6.07, 6.45) is 1.88. The number of pyridine rings is 1. The molecule has 2 aromatic carbocycles. The molecule has 0 N–H and O–H groups in total. The molecule has 3 aromatic rings. The van der Waals surface area contributed by atoms with Gasteiger partial charge in [-0.3, -0.25) is 4.98 Å². The molecule has 0 saturated heterocycles. The summed E-state index contributed by atoms with van der Waals surface area (Å²) in [6.45, 7) is 11.3. The molecule has 0 aliphatic carbocycles. The van der Waals surface area contributed by atoms with Crippen LogP contribution in [0.25, 0.3) is 22.0 Å². The molecule has 1 heterocycles. The van der Waals surface area contributed by atoms with Crippen molar-refractivity contribution in [2.45, 2.75) is 38.9 Å². The summed E-state index contributed by atoms with van der Waals surface area (Å²) >= 11 is 0. The van der Waals surface area contributed by atoms with E-state index in [0.29, 0.717) is 0 Å². The van der Waals surface area contributed by atoms with Crippen LogP contribution in [0.5, 0.6) is 5.75 Å². The maximum absolute atomic E-state index is 6.42. The minimum atomic E-state index is -1.84. The fourth-order valence-electron chi connectivity index (χ4n) is 2.51. The van der Waals surface area contributed by atoms with Gasteiger partial charge in [0.1, 0.15) is 5.75 Å². The first kappa shape index (κ1) is 16.7. The van der Waals surface area contributed by atoms with Gasteiger partial charge >= 0.3 is 0 Å². The molecule has 24 heavy (non-hydrogen) atoms. The standard InChI is InChI=1S/C21H25NOSi/c1-21(2,3)24(4,5)23-17-11-12-19-18(13-14-22-20(19)15-17)16-9-7-6-8-10-16/h6-15H,1-5H3. The van der Waals surface area contributed by atoms with Crippen LogP contribution in [0.15, 0.2) is 60.8 Å². The molecule has 3 rings (SSSR count). The molecule has 0 aliphatic heterocycles. The number of aromatic nitrogens is 1. The molecule has 0 atom stereocenters. The molecule has 0 aliphatic rings. The highest BCUT2D eigenvalue weighted by molar-refractivity contribution is 6.74. The van der Waals surface area contributed by atoms with Gasteiger partial charge in [0, 0.05) is 17.6 Å². The predicted molar refractivity (Wildman–Crippen MR) is 105 cm³/mol. The zero-order valence-electron chi connectivity index (χ0n) is 15.1. The Bertz CT molecular complexity index is 851. The number of fused-ring (bicyclic) bond motifs is 1. The smallest absolute Gasteiger partial charge is 0.250 e. The van der Waals surface area contributed by atoms with E-state index < -0.39 is 8.32 Å². The van der Waals surface area contributed by atoms with E-state index in [4.69, 9.17) is 4.43 Å². The maximum Gasteiger partial charge on any atom is 0.250 e. The van der Waals surface area contributed by atoms with Crippen LogP contribution < -0.4 is 4.43 Å². The average molecular weight is 336 g/mol. The quantitative estimate of drug-likeness (QED) is 0.525. The van der Waals surface area contributed by atoms with Crippen LogP contribution in [0.3, 0.4) is 0 Å². The Balaban J connectivity index is 2.02. The first-order valence-corrected chi connectivity index (χ1v) is 11.3. The zero-order valence-corrected chi connectivity index (χ0v) is 16.1. The van der Waals surface area contributed by atoms with Crippen LogP contribution in [0.1, 0.15) is 20.8 Å². The Morgan fingerprint density at radius 3 is 2.29 bits per heavy atom. The van der Waals surface area contributed by atoms with Crippen molar-refractivity contribution in [3.63, 3.8) is 0 Å². The van der Waals surface area contributed by atoms with Gasteiger partial charge in [-0.05, 0) is 47.5 Å². The fraction of sp³-hybridized carbons (Fsp3) is 0.286. The molecular weight excluding hydrogens is 310 g/mol. The Kier molecular flexibility index (Phi) is 4.22. The highest BCUT2D eigenvalue weighted by atomic mass is 28.4. The van der Waals surface area contributed by atoms with E-state index >= 15 is 0 Å². The molecular formula is C21H25NOSi. The van der Waals surface area contributed by atoms with Crippen LogP contribution in [0.4, 0.5) is 0 Å². The molecule has 1 aromatic heterocycles. The second-order valence-electron chi connectivity index (χ2n) is 7.77. The third-order valence-electron chi connectivity index (χ3n) is 4.98. The van der Waals surface area contributed by atoms with Gasteiger partial charge in [0.2, 0.25) is 8.32 Å². The number of rotatable bonds is 3. The summed E-state index contributed by atoms with van der Waals surface area (Å²) in [7, 11) is -1.84. The lowest BCUT2D eigenvalue weighted by Gasteiger charge is -2.36. The first-order chi connectivity index (χ1) is 11.3. The van der Waals surface area contributed by atoms with E-state index in [-0.39, 0.29) is 5.04 Å². The van der Waals surface area contributed by atoms with E-state index in [9.17, 15) is 0 Å². The Hall–Kier alpha value is -2.13. The maximum atomic E-state index is 6.42. The molecule has 124 valence electrons. The second kappa shape index (κ2) is 6.06. The first-order valence-electron chi connectivity index (χ1n) is 8.41. The van der Waals surface area contributed by atoms with Gasteiger partial charge in [-0.2, -0.15) is 0 Å². The summed E-state index contributed by atoms with van der Waals surface area (Å²) in [5.41, 5.74) is 3.40. The normalized spacial score (nSPS) is 12.4. The van der Waals surface area contributed by atoms with Crippen LogP contribution in [0.2, 0.25) is 18.1 Å². The van der Waals surface area contributed by atoms with E-state index in [1.807, 2.05) is 12.3 Å². The summed E-state index contributed by atoms with van der Waals surface area (Å²) in [4.78, 5) is 4.56. The lowest BCUT2D eigenvalue weighted by molar-refractivity contribution is 0.492. The largest absolute Gasteiger partial charge is 0.543 e. The molecule has 2 nitrogen and oxygen atoms in total. The fourth-order valence-corrected chi connectivity index (χ4v) is 3.53. The summed E-state index contributed by atoms with van der Waals surface area (Å²) in [5, 5.41) is 1.34. The number of nitrogens with zero attached hydrogens (tertiary/aromatic N) is 1. The molecule has 0 radical (unpaired) electrons. The lowest BCUT2D eigenvalue weighted by atomic mass is 10.0. The minimum absolute atomic E-state index is 0.182. The molecule has 3 heteroatoms. The van der Waals surface area contributed by atoms with Crippen molar-refractivity contribution < 1.29 is 4.43 Å². The monoisotopic (exact) mass is 335 g/mol. The van der Waals surface area contributed by atoms with Crippen molar-refractivity contribution in [1.82, 2.24) is 4.98 Å². The van der Waals surface area contributed by atoms with Gasteiger partial charge in [0.15, 0.2) is 0 Å². The average Bonchev–Trinajstić information content (AvgIpc) is 2.53. The van der Waals surface area contributed by atoms with Crippen molar-refractivity contribution in [1.29, 1.82) is 0 Å². The van der Waals surface area contributed by atoms with Gasteiger partial charge in [-0.25, -0.2) is 0 Å². The van der Waals surface area contributed by atoms with Gasteiger partial charge in [0.05, 0.1) is 5.52 Å². The SMILES string of the molecule is CC(C)(C)[Si](C)(C)Oc1ccc2c(-c3ccccc3)ccnc2c1. The predicted octanol–water partition coefficient (Wildman–Crippen LogP) is 6.29.